The predicted molar refractivity (Wildman–Crippen MR) is 81.1 cm³/mol. The molecule has 0 spiro atoms. The molecular weight excluding hydrogens is 254 g/mol. The zero-order valence-corrected chi connectivity index (χ0v) is 12.8. The molecule has 1 unspecified atom stereocenters. The van der Waals surface area contributed by atoms with Crippen LogP contribution in [0.15, 0.2) is 18.3 Å². The largest absolute Gasteiger partial charge is 0.393 e. The number of amides is 1. The first-order valence-electron chi connectivity index (χ1n) is 7.14. The second-order valence-electron chi connectivity index (χ2n) is 4.94. The van der Waals surface area contributed by atoms with Gasteiger partial charge in [-0.15, -0.1) is 0 Å². The molecule has 1 aromatic rings. The number of carbonyl (C=O) groups excluding carboxylic acids is 1. The van der Waals surface area contributed by atoms with E-state index in [1.54, 1.807) is 18.0 Å². The number of anilines is 1. The molecular formula is C15H25N3O2. The van der Waals surface area contributed by atoms with E-state index in [2.05, 4.69) is 4.98 Å². The average Bonchev–Trinajstić information content (AvgIpc) is 2.46. The van der Waals surface area contributed by atoms with Gasteiger partial charge in [-0.2, -0.15) is 0 Å². The minimum absolute atomic E-state index is 0.0409. The third kappa shape index (κ3) is 4.49. The Hall–Kier alpha value is -1.62. The van der Waals surface area contributed by atoms with Crippen LogP contribution in [-0.2, 0) is 0 Å². The van der Waals surface area contributed by atoms with Crippen LogP contribution in [0.2, 0.25) is 0 Å². The first-order valence-corrected chi connectivity index (χ1v) is 7.14. The topological polar surface area (TPSA) is 56.7 Å². The molecule has 1 amide bonds. The molecule has 0 fully saturated rings. The van der Waals surface area contributed by atoms with Gasteiger partial charge in [0.25, 0.3) is 5.91 Å². The summed E-state index contributed by atoms with van der Waals surface area (Å²) in [7, 11) is 1.95. The lowest BCUT2D eigenvalue weighted by molar-refractivity contribution is 0.0767. The van der Waals surface area contributed by atoms with Crippen LogP contribution in [0.25, 0.3) is 0 Å². The molecule has 0 aromatic carbocycles. The molecule has 0 saturated heterocycles. The van der Waals surface area contributed by atoms with Crippen molar-refractivity contribution in [2.24, 2.45) is 0 Å². The number of aliphatic hydroxyl groups is 1. The molecule has 0 radical (unpaired) electrons. The Labute approximate surface area is 121 Å². The highest BCUT2D eigenvalue weighted by Gasteiger charge is 2.15. The van der Waals surface area contributed by atoms with Gasteiger partial charge in [0.1, 0.15) is 5.69 Å². The van der Waals surface area contributed by atoms with E-state index < -0.39 is 0 Å². The fourth-order valence-electron chi connectivity index (χ4n) is 1.96. The number of nitrogens with zero attached hydrogens (tertiary/aromatic N) is 3. The van der Waals surface area contributed by atoms with Gasteiger partial charge in [0.2, 0.25) is 0 Å². The van der Waals surface area contributed by atoms with E-state index in [0.29, 0.717) is 25.2 Å². The fourth-order valence-corrected chi connectivity index (χ4v) is 1.96. The van der Waals surface area contributed by atoms with Gasteiger partial charge >= 0.3 is 0 Å². The summed E-state index contributed by atoms with van der Waals surface area (Å²) in [6.07, 6.45) is 2.03. The number of rotatable bonds is 7. The van der Waals surface area contributed by atoms with Crippen LogP contribution >= 0.6 is 0 Å². The first kappa shape index (κ1) is 16.4. The van der Waals surface area contributed by atoms with Gasteiger partial charge in [0.05, 0.1) is 6.10 Å². The van der Waals surface area contributed by atoms with Crippen LogP contribution < -0.4 is 4.90 Å². The highest BCUT2D eigenvalue weighted by atomic mass is 16.3. The predicted octanol–water partition coefficient (Wildman–Crippen LogP) is 1.77. The molecule has 112 valence electrons. The minimum Gasteiger partial charge on any atom is -0.393 e. The Morgan fingerprint density at radius 2 is 2.05 bits per heavy atom. The van der Waals surface area contributed by atoms with Gasteiger partial charge in [-0.25, -0.2) is 0 Å². The summed E-state index contributed by atoms with van der Waals surface area (Å²) >= 11 is 0. The standard InChI is InChI=1S/C15H25N3O2/c1-5-18(6-2)15(20)14-11-13(7-9-16-14)17(4)10-8-12(3)19/h7,9,11-12,19H,5-6,8,10H2,1-4H3. The van der Waals surface area contributed by atoms with Crippen molar-refractivity contribution >= 4 is 11.6 Å². The maximum absolute atomic E-state index is 12.3. The van der Waals surface area contributed by atoms with Crippen molar-refractivity contribution in [2.75, 3.05) is 31.6 Å². The lowest BCUT2D eigenvalue weighted by Crippen LogP contribution is -2.31. The smallest absolute Gasteiger partial charge is 0.272 e. The van der Waals surface area contributed by atoms with Crippen molar-refractivity contribution < 1.29 is 9.90 Å². The molecule has 0 aliphatic heterocycles. The summed E-state index contributed by atoms with van der Waals surface area (Å²) < 4.78 is 0. The quantitative estimate of drug-likeness (QED) is 0.826. The molecule has 1 aromatic heterocycles. The van der Waals surface area contributed by atoms with Gasteiger partial charge in [-0.05, 0) is 39.3 Å². The van der Waals surface area contributed by atoms with Gasteiger partial charge in [0, 0.05) is 38.6 Å². The zero-order chi connectivity index (χ0) is 15.1. The van der Waals surface area contributed by atoms with E-state index in [1.165, 1.54) is 0 Å². The number of aromatic nitrogens is 1. The highest BCUT2D eigenvalue weighted by molar-refractivity contribution is 5.93. The van der Waals surface area contributed by atoms with E-state index in [4.69, 9.17) is 0 Å². The summed E-state index contributed by atoms with van der Waals surface area (Å²) in [5, 5.41) is 9.33. The number of pyridine rings is 1. The second-order valence-corrected chi connectivity index (χ2v) is 4.94. The highest BCUT2D eigenvalue weighted by Crippen LogP contribution is 2.15. The van der Waals surface area contributed by atoms with Gasteiger partial charge in [0.15, 0.2) is 0 Å². The maximum atomic E-state index is 12.3. The molecule has 0 aliphatic rings. The summed E-state index contributed by atoms with van der Waals surface area (Å²) in [5.41, 5.74) is 1.41. The Morgan fingerprint density at radius 3 is 2.60 bits per heavy atom. The fraction of sp³-hybridized carbons (Fsp3) is 0.600. The minimum atomic E-state index is -0.323. The van der Waals surface area contributed by atoms with Crippen LogP contribution in [0.4, 0.5) is 5.69 Å². The summed E-state index contributed by atoms with van der Waals surface area (Å²) in [4.78, 5) is 20.2. The van der Waals surface area contributed by atoms with E-state index in [-0.39, 0.29) is 12.0 Å². The lowest BCUT2D eigenvalue weighted by Gasteiger charge is -2.22. The third-order valence-electron chi connectivity index (χ3n) is 3.34. The number of carbonyl (C=O) groups is 1. The Kier molecular flexibility index (Phi) is 6.45. The molecule has 1 rings (SSSR count). The monoisotopic (exact) mass is 279 g/mol. The van der Waals surface area contributed by atoms with Crippen molar-refractivity contribution in [3.8, 4) is 0 Å². The van der Waals surface area contributed by atoms with Crippen molar-refractivity contribution in [1.29, 1.82) is 0 Å². The molecule has 1 atom stereocenters. The molecule has 1 heterocycles. The number of hydrogen-bond acceptors (Lipinski definition) is 4. The first-order chi connectivity index (χ1) is 9.49. The summed E-state index contributed by atoms with van der Waals surface area (Å²) in [5.74, 6) is -0.0409. The number of aliphatic hydroxyl groups excluding tert-OH is 1. The SMILES string of the molecule is CCN(CC)C(=O)c1cc(N(C)CCC(C)O)ccn1. The normalized spacial score (nSPS) is 12.1. The van der Waals surface area contributed by atoms with Crippen molar-refractivity contribution in [3.05, 3.63) is 24.0 Å². The molecule has 5 heteroatoms. The van der Waals surface area contributed by atoms with Crippen LogP contribution in [0.1, 0.15) is 37.7 Å². The molecule has 5 nitrogen and oxygen atoms in total. The second kappa shape index (κ2) is 7.85. The van der Waals surface area contributed by atoms with Crippen LogP contribution in [0, 0.1) is 0 Å². The Morgan fingerprint density at radius 1 is 1.40 bits per heavy atom. The summed E-state index contributed by atoms with van der Waals surface area (Å²) in [6.45, 7) is 7.79. The van der Waals surface area contributed by atoms with E-state index in [0.717, 1.165) is 12.2 Å². The Bertz CT molecular complexity index is 431. The molecule has 0 saturated carbocycles. The van der Waals surface area contributed by atoms with Gasteiger partial charge in [-0.1, -0.05) is 0 Å². The summed E-state index contributed by atoms with van der Waals surface area (Å²) in [6, 6.07) is 3.68. The van der Waals surface area contributed by atoms with Crippen molar-refractivity contribution in [1.82, 2.24) is 9.88 Å². The average molecular weight is 279 g/mol. The van der Waals surface area contributed by atoms with Crippen molar-refractivity contribution in [2.45, 2.75) is 33.3 Å². The van der Waals surface area contributed by atoms with Crippen molar-refractivity contribution in [3.63, 3.8) is 0 Å². The third-order valence-corrected chi connectivity index (χ3v) is 3.34. The zero-order valence-electron chi connectivity index (χ0n) is 12.8. The van der Waals surface area contributed by atoms with Crippen LogP contribution in [0.5, 0.6) is 0 Å². The van der Waals surface area contributed by atoms with E-state index in [9.17, 15) is 9.90 Å². The van der Waals surface area contributed by atoms with Crippen LogP contribution in [0.3, 0.4) is 0 Å². The van der Waals surface area contributed by atoms with Gasteiger partial charge < -0.3 is 14.9 Å². The van der Waals surface area contributed by atoms with E-state index >= 15 is 0 Å². The maximum Gasteiger partial charge on any atom is 0.272 e. The molecule has 0 bridgehead atoms. The van der Waals surface area contributed by atoms with E-state index in [1.807, 2.05) is 37.9 Å². The van der Waals surface area contributed by atoms with Crippen LogP contribution in [-0.4, -0.2) is 53.7 Å². The lowest BCUT2D eigenvalue weighted by atomic mass is 10.2. The molecule has 20 heavy (non-hydrogen) atoms. The molecule has 1 N–H and O–H groups in total. The van der Waals surface area contributed by atoms with Gasteiger partial charge in [-0.3, -0.25) is 9.78 Å². The Balaban J connectivity index is 2.82. The number of hydrogen-bond donors (Lipinski definition) is 1. The molecule has 0 aliphatic carbocycles.